The average molecular weight is 504 g/mol. The van der Waals surface area contributed by atoms with Crippen molar-refractivity contribution in [3.63, 3.8) is 0 Å². The zero-order chi connectivity index (χ0) is 25.6. The maximum absolute atomic E-state index is 15.5. The minimum atomic E-state index is -0.508. The first-order chi connectivity index (χ1) is 17.8. The Balaban J connectivity index is 0.00000264. The lowest BCUT2D eigenvalue weighted by atomic mass is 10.0. The fraction of sp³-hybridized carbons (Fsp3) is 0.296. The zero-order valence-corrected chi connectivity index (χ0v) is 20.7. The summed E-state index contributed by atoms with van der Waals surface area (Å²) in [4.78, 5) is 13.8. The van der Waals surface area contributed by atoms with Crippen molar-refractivity contribution in [3.8, 4) is 17.2 Å². The van der Waals surface area contributed by atoms with Crippen molar-refractivity contribution in [1.29, 1.82) is 0 Å². The number of hydrogen-bond donors (Lipinski definition) is 1. The smallest absolute Gasteiger partial charge is 0.307 e. The Hall–Kier alpha value is -4.05. The first kappa shape index (κ1) is 22.2. The quantitative estimate of drug-likeness (QED) is 0.401. The summed E-state index contributed by atoms with van der Waals surface area (Å²) >= 11 is 0. The largest absolute Gasteiger partial charge is 0.338 e. The molecule has 3 aromatic heterocycles. The van der Waals surface area contributed by atoms with Crippen molar-refractivity contribution < 1.29 is 10.2 Å². The maximum Gasteiger partial charge on any atom is 0.338 e. The molecule has 0 spiro atoms. The number of aromatic nitrogens is 6. The van der Waals surface area contributed by atoms with E-state index in [0.717, 1.165) is 30.5 Å². The molecule has 2 aliphatic heterocycles. The van der Waals surface area contributed by atoms with Crippen LogP contribution in [-0.2, 0) is 13.5 Å². The molecular formula is C27H27F2N7O. The third-order valence-electron chi connectivity index (χ3n) is 7.78. The molecule has 5 heterocycles. The lowest BCUT2D eigenvalue weighted by molar-refractivity contribution is 0.509. The summed E-state index contributed by atoms with van der Waals surface area (Å²) in [6.45, 7) is 3.44. The molecule has 2 aromatic carbocycles. The maximum atomic E-state index is 15.5. The third-order valence-corrected chi connectivity index (χ3v) is 7.78. The van der Waals surface area contributed by atoms with Crippen LogP contribution < -0.4 is 11.0 Å². The van der Waals surface area contributed by atoms with Crippen molar-refractivity contribution in [2.45, 2.75) is 45.2 Å². The number of fused-ring (bicyclic) bond motifs is 5. The van der Waals surface area contributed by atoms with Gasteiger partial charge in [0, 0.05) is 44.9 Å². The van der Waals surface area contributed by atoms with E-state index < -0.39 is 11.5 Å². The van der Waals surface area contributed by atoms with Gasteiger partial charge in [0.2, 0.25) is 0 Å². The molecule has 190 valence electrons. The fourth-order valence-corrected chi connectivity index (χ4v) is 5.96. The van der Waals surface area contributed by atoms with Crippen molar-refractivity contribution in [2.24, 2.45) is 7.05 Å². The van der Waals surface area contributed by atoms with Crippen molar-refractivity contribution in [2.75, 3.05) is 0 Å². The van der Waals surface area contributed by atoms with Crippen molar-refractivity contribution in [3.05, 3.63) is 87.4 Å². The highest BCUT2D eigenvalue weighted by Crippen LogP contribution is 2.40. The predicted molar refractivity (Wildman–Crippen MR) is 137 cm³/mol. The second-order valence-electron chi connectivity index (χ2n) is 10.1. The molecular weight excluding hydrogens is 476 g/mol. The minimum absolute atomic E-state index is 0. The molecule has 2 unspecified atom stereocenters. The van der Waals surface area contributed by atoms with E-state index in [1.54, 1.807) is 66.9 Å². The van der Waals surface area contributed by atoms with E-state index >= 15 is 4.39 Å². The zero-order valence-electron chi connectivity index (χ0n) is 20.7. The number of nitrogens with one attached hydrogen (secondary N) is 1. The first-order valence-corrected chi connectivity index (χ1v) is 12.4. The van der Waals surface area contributed by atoms with E-state index in [1.807, 2.05) is 0 Å². The SMILES string of the molecule is Cc1cc(-n2nc3c(c2-n2ccn(-c4ccc5c(cnn5C)c4F)c2=O)C2CCC(C3)N2)cc(C)c1F.[HH]. The molecule has 1 saturated heterocycles. The summed E-state index contributed by atoms with van der Waals surface area (Å²) in [5.74, 6) is -0.163. The lowest BCUT2D eigenvalue weighted by Gasteiger charge is -2.21. The molecule has 0 saturated carbocycles. The average Bonchev–Trinajstić information content (AvgIpc) is 3.64. The van der Waals surface area contributed by atoms with Crippen molar-refractivity contribution in [1.82, 2.24) is 34.0 Å². The summed E-state index contributed by atoms with van der Waals surface area (Å²) in [6.07, 6.45) is 7.42. The molecule has 10 heteroatoms. The number of benzene rings is 2. The van der Waals surface area contributed by atoms with E-state index in [0.29, 0.717) is 39.6 Å². The van der Waals surface area contributed by atoms with Gasteiger partial charge in [0.25, 0.3) is 0 Å². The third kappa shape index (κ3) is 3.11. The van der Waals surface area contributed by atoms with Gasteiger partial charge in [0.05, 0.1) is 34.2 Å². The van der Waals surface area contributed by atoms with Crippen LogP contribution in [0.15, 0.2) is 47.7 Å². The predicted octanol–water partition coefficient (Wildman–Crippen LogP) is 4.19. The molecule has 37 heavy (non-hydrogen) atoms. The Morgan fingerprint density at radius 3 is 2.59 bits per heavy atom. The van der Waals surface area contributed by atoms with Gasteiger partial charge in [-0.25, -0.2) is 18.3 Å². The van der Waals surface area contributed by atoms with Crippen LogP contribution >= 0.6 is 0 Å². The fourth-order valence-electron chi connectivity index (χ4n) is 5.96. The Kier molecular flexibility index (Phi) is 4.63. The van der Waals surface area contributed by atoms with Crippen LogP contribution in [0.3, 0.4) is 0 Å². The van der Waals surface area contributed by atoms with E-state index in [-0.39, 0.29) is 19.0 Å². The van der Waals surface area contributed by atoms with Gasteiger partial charge in [-0.3, -0.25) is 13.8 Å². The topological polar surface area (TPSA) is 74.6 Å². The number of hydrogen-bond acceptors (Lipinski definition) is 4. The molecule has 2 aliphatic rings. The number of aryl methyl sites for hydroxylation is 3. The Morgan fingerprint density at radius 1 is 1.05 bits per heavy atom. The van der Waals surface area contributed by atoms with E-state index in [4.69, 9.17) is 5.10 Å². The van der Waals surface area contributed by atoms with Gasteiger partial charge in [0.1, 0.15) is 11.6 Å². The van der Waals surface area contributed by atoms with Crippen LogP contribution in [0, 0.1) is 25.5 Å². The molecule has 8 nitrogen and oxygen atoms in total. The number of imidazole rings is 1. The Morgan fingerprint density at radius 2 is 1.81 bits per heavy atom. The van der Waals surface area contributed by atoms with Gasteiger partial charge in [-0.05, 0) is 62.1 Å². The van der Waals surface area contributed by atoms with E-state index in [1.165, 1.54) is 15.3 Å². The number of rotatable bonds is 3. The molecule has 5 aromatic rings. The monoisotopic (exact) mass is 503 g/mol. The van der Waals surface area contributed by atoms with Gasteiger partial charge >= 0.3 is 5.69 Å². The van der Waals surface area contributed by atoms with E-state index in [2.05, 4.69) is 10.4 Å². The van der Waals surface area contributed by atoms with Gasteiger partial charge in [-0.15, -0.1) is 0 Å². The normalized spacial score (nSPS) is 18.6. The summed E-state index contributed by atoms with van der Waals surface area (Å²) in [5.41, 5.74) is 3.97. The molecule has 1 N–H and O–H groups in total. The minimum Gasteiger partial charge on any atom is -0.307 e. The van der Waals surface area contributed by atoms with Crippen LogP contribution in [0.5, 0.6) is 0 Å². The summed E-state index contributed by atoms with van der Waals surface area (Å²) in [5, 5.41) is 13.1. The molecule has 1 fully saturated rings. The lowest BCUT2D eigenvalue weighted by Crippen LogP contribution is -2.32. The first-order valence-electron chi connectivity index (χ1n) is 12.4. The van der Waals surface area contributed by atoms with Crippen molar-refractivity contribution >= 4 is 10.9 Å². The molecule has 0 radical (unpaired) electrons. The highest BCUT2D eigenvalue weighted by Gasteiger charge is 2.38. The highest BCUT2D eigenvalue weighted by atomic mass is 19.1. The second kappa shape index (κ2) is 7.72. The van der Waals surface area contributed by atoms with Crippen LogP contribution in [-0.4, -0.2) is 34.7 Å². The number of nitrogens with zero attached hydrogens (tertiary/aromatic N) is 6. The molecule has 2 bridgehead atoms. The molecule has 0 amide bonds. The van der Waals surface area contributed by atoms with Crippen LogP contribution in [0.2, 0.25) is 0 Å². The van der Waals surface area contributed by atoms with Gasteiger partial charge < -0.3 is 5.32 Å². The van der Waals surface area contributed by atoms with Crippen LogP contribution in [0.1, 0.15) is 42.7 Å². The van der Waals surface area contributed by atoms with E-state index in [9.17, 15) is 9.18 Å². The molecule has 2 atom stereocenters. The van der Waals surface area contributed by atoms with Gasteiger partial charge in [-0.2, -0.15) is 10.2 Å². The Bertz CT molecular complexity index is 1770. The standard InChI is InChI=1S/C27H25F2N7O.H2/c1-14-10-17(11-15(2)24(14)28)36-26(23-19-5-4-16(31-19)12-20(23)32-36)35-9-8-34(27(35)37)22-7-6-21-18(25(22)29)13-30-33(21)3;/h6-11,13,16,19,31H,4-5,12H2,1-3H3;1H. The Labute approximate surface area is 212 Å². The summed E-state index contributed by atoms with van der Waals surface area (Å²) in [6, 6.07) is 7.25. The van der Waals surface area contributed by atoms with Crippen LogP contribution in [0.4, 0.5) is 8.78 Å². The highest BCUT2D eigenvalue weighted by molar-refractivity contribution is 5.81. The molecule has 7 rings (SSSR count). The van der Waals surface area contributed by atoms with Gasteiger partial charge in [0.15, 0.2) is 5.82 Å². The van der Waals surface area contributed by atoms with Gasteiger partial charge in [-0.1, -0.05) is 0 Å². The summed E-state index contributed by atoms with van der Waals surface area (Å²) in [7, 11) is 1.74. The molecule has 0 aliphatic carbocycles. The van der Waals surface area contributed by atoms with Crippen LogP contribution in [0.25, 0.3) is 28.1 Å². The second-order valence-corrected chi connectivity index (χ2v) is 10.1. The summed E-state index contributed by atoms with van der Waals surface area (Å²) < 4.78 is 36.1. The number of halogens is 2.